The third-order valence-corrected chi connectivity index (χ3v) is 6.58. The maximum absolute atomic E-state index is 12.1. The average molecular weight is 392 g/mol. The van der Waals surface area contributed by atoms with Gasteiger partial charge in [-0.1, -0.05) is 84.9 Å². The second kappa shape index (κ2) is 7.12. The topological polar surface area (TPSA) is 34.1 Å². The molecule has 1 heterocycles. The highest BCUT2D eigenvalue weighted by atomic mass is 32.1. The van der Waals surface area contributed by atoms with Crippen molar-refractivity contribution in [1.82, 2.24) is 0 Å². The molecule has 138 valence electrons. The Morgan fingerprint density at radius 2 is 0.931 bits per heavy atom. The summed E-state index contributed by atoms with van der Waals surface area (Å²) in [7, 11) is 0. The van der Waals surface area contributed by atoms with Crippen LogP contribution in [0.2, 0.25) is 0 Å². The van der Waals surface area contributed by atoms with Crippen LogP contribution in [0.25, 0.3) is 42.4 Å². The van der Waals surface area contributed by atoms with Gasteiger partial charge in [-0.3, -0.25) is 9.59 Å². The van der Waals surface area contributed by atoms with Gasteiger partial charge in [0.05, 0.1) is 0 Å². The minimum atomic E-state index is 0.674. The van der Waals surface area contributed by atoms with E-state index >= 15 is 0 Å². The predicted octanol–water partition coefficient (Wildman–Crippen LogP) is 7.01. The molecule has 0 aliphatic rings. The molecule has 0 fully saturated rings. The third-order valence-electron chi connectivity index (χ3n) is 5.29. The van der Waals surface area contributed by atoms with Crippen LogP contribution in [0, 0.1) is 0 Å². The van der Waals surface area contributed by atoms with Gasteiger partial charge >= 0.3 is 0 Å². The van der Waals surface area contributed by atoms with E-state index in [2.05, 4.69) is 12.1 Å². The zero-order valence-corrected chi connectivity index (χ0v) is 16.3. The van der Waals surface area contributed by atoms with Crippen molar-refractivity contribution in [1.29, 1.82) is 0 Å². The highest BCUT2D eigenvalue weighted by Gasteiger charge is 2.17. The van der Waals surface area contributed by atoms with Crippen molar-refractivity contribution < 1.29 is 9.59 Å². The smallest absolute Gasteiger partial charge is 0.152 e. The number of benzene rings is 4. The molecule has 0 unspecified atom stereocenters. The number of aldehydes is 2. The Balaban J connectivity index is 1.83. The molecule has 5 rings (SSSR count). The summed E-state index contributed by atoms with van der Waals surface area (Å²) in [5, 5.41) is 2.02. The quantitative estimate of drug-likeness (QED) is 0.308. The molecule has 0 spiro atoms. The molecule has 3 heteroatoms. The van der Waals surface area contributed by atoms with Crippen molar-refractivity contribution in [2.75, 3.05) is 0 Å². The van der Waals surface area contributed by atoms with E-state index in [1.54, 1.807) is 0 Å². The molecule has 1 aromatic heterocycles. The summed E-state index contributed by atoms with van der Waals surface area (Å²) in [6.07, 6.45) is 1.86. The molecule has 0 atom stereocenters. The van der Waals surface area contributed by atoms with E-state index in [0.29, 0.717) is 11.1 Å². The molecule has 29 heavy (non-hydrogen) atoms. The number of hydrogen-bond acceptors (Lipinski definition) is 3. The van der Waals surface area contributed by atoms with E-state index < -0.39 is 0 Å². The van der Waals surface area contributed by atoms with Gasteiger partial charge in [0.15, 0.2) is 12.6 Å². The van der Waals surface area contributed by atoms with E-state index in [0.717, 1.165) is 55.0 Å². The van der Waals surface area contributed by atoms with Crippen LogP contribution >= 0.6 is 11.3 Å². The maximum atomic E-state index is 12.1. The summed E-state index contributed by atoms with van der Waals surface area (Å²) in [5.74, 6) is 0. The fourth-order valence-electron chi connectivity index (χ4n) is 3.92. The first-order valence-electron chi connectivity index (χ1n) is 9.35. The highest BCUT2D eigenvalue weighted by Crippen LogP contribution is 2.42. The predicted molar refractivity (Wildman–Crippen MR) is 121 cm³/mol. The number of hydrogen-bond donors (Lipinski definition) is 0. The SMILES string of the molecule is O=Cc1c(-c2ccccc2)ccc2c1sc1c(C=O)c(-c3ccccc3)ccc12. The number of carbonyl (C=O) groups excluding carboxylic acids is 2. The Bertz CT molecular complexity index is 1260. The van der Waals surface area contributed by atoms with Gasteiger partial charge in [0.1, 0.15) is 0 Å². The lowest BCUT2D eigenvalue weighted by atomic mass is 9.96. The van der Waals surface area contributed by atoms with Crippen molar-refractivity contribution in [3.05, 3.63) is 96.1 Å². The third kappa shape index (κ3) is 2.79. The summed E-state index contributed by atoms with van der Waals surface area (Å²) >= 11 is 1.52. The zero-order chi connectivity index (χ0) is 19.8. The average Bonchev–Trinajstić information content (AvgIpc) is 3.17. The van der Waals surface area contributed by atoms with Crippen LogP contribution in [-0.4, -0.2) is 12.6 Å². The minimum absolute atomic E-state index is 0.674. The number of fused-ring (bicyclic) bond motifs is 3. The summed E-state index contributed by atoms with van der Waals surface area (Å²) in [6.45, 7) is 0. The van der Waals surface area contributed by atoms with Gasteiger partial charge in [0, 0.05) is 31.3 Å². The molecule has 0 aliphatic heterocycles. The summed E-state index contributed by atoms with van der Waals surface area (Å²) in [4.78, 5) is 24.1. The summed E-state index contributed by atoms with van der Waals surface area (Å²) < 4.78 is 1.84. The highest BCUT2D eigenvalue weighted by molar-refractivity contribution is 7.26. The van der Waals surface area contributed by atoms with Crippen molar-refractivity contribution in [3.63, 3.8) is 0 Å². The van der Waals surface area contributed by atoms with Gasteiger partial charge in [0.25, 0.3) is 0 Å². The standard InChI is InChI=1S/C26H16O2S/c27-15-23-19(17-7-3-1-4-8-17)11-13-21-22-14-12-20(18-9-5-2-6-10-18)24(16-28)26(22)29-25(21)23/h1-16H. The molecule has 2 nitrogen and oxygen atoms in total. The Hall–Kier alpha value is -3.56. The second-order valence-corrected chi connectivity index (χ2v) is 7.90. The van der Waals surface area contributed by atoms with E-state index in [1.165, 1.54) is 11.3 Å². The van der Waals surface area contributed by atoms with E-state index in [-0.39, 0.29) is 0 Å². The van der Waals surface area contributed by atoms with Crippen LogP contribution < -0.4 is 0 Å². The van der Waals surface area contributed by atoms with Crippen LogP contribution in [0.15, 0.2) is 84.9 Å². The summed E-state index contributed by atoms with van der Waals surface area (Å²) in [6, 6.07) is 27.9. The van der Waals surface area contributed by atoms with Crippen LogP contribution in [0.5, 0.6) is 0 Å². The Morgan fingerprint density at radius 3 is 1.31 bits per heavy atom. The van der Waals surface area contributed by atoms with E-state index in [4.69, 9.17) is 0 Å². The number of carbonyl (C=O) groups is 2. The van der Waals surface area contributed by atoms with Crippen LogP contribution in [0.4, 0.5) is 0 Å². The van der Waals surface area contributed by atoms with Crippen molar-refractivity contribution in [3.8, 4) is 22.3 Å². The lowest BCUT2D eigenvalue weighted by Crippen LogP contribution is -1.88. The molecular formula is C26H16O2S. The first-order valence-corrected chi connectivity index (χ1v) is 10.2. The molecule has 0 N–H and O–H groups in total. The van der Waals surface area contributed by atoms with Gasteiger partial charge < -0.3 is 0 Å². The lowest BCUT2D eigenvalue weighted by molar-refractivity contribution is 0.111. The summed E-state index contributed by atoms with van der Waals surface area (Å²) in [5.41, 5.74) is 5.19. The molecule has 0 aliphatic carbocycles. The van der Waals surface area contributed by atoms with Crippen LogP contribution in [-0.2, 0) is 0 Å². The van der Waals surface area contributed by atoms with Gasteiger partial charge in [-0.15, -0.1) is 11.3 Å². The monoisotopic (exact) mass is 392 g/mol. The first kappa shape index (κ1) is 17.5. The minimum Gasteiger partial charge on any atom is -0.298 e. The van der Waals surface area contributed by atoms with Gasteiger partial charge in [-0.05, 0) is 22.3 Å². The number of thiophene rings is 1. The zero-order valence-electron chi connectivity index (χ0n) is 15.5. The normalized spacial score (nSPS) is 11.0. The molecule has 4 aromatic carbocycles. The lowest BCUT2D eigenvalue weighted by Gasteiger charge is -2.07. The Labute approximate surface area is 172 Å². The van der Waals surface area contributed by atoms with E-state index in [1.807, 2.05) is 72.8 Å². The van der Waals surface area contributed by atoms with Crippen molar-refractivity contribution in [2.24, 2.45) is 0 Å². The number of rotatable bonds is 4. The molecular weight excluding hydrogens is 376 g/mol. The van der Waals surface area contributed by atoms with Crippen LogP contribution in [0.3, 0.4) is 0 Å². The van der Waals surface area contributed by atoms with Gasteiger partial charge in [-0.25, -0.2) is 0 Å². The van der Waals surface area contributed by atoms with Crippen LogP contribution in [0.1, 0.15) is 20.7 Å². The molecule has 5 aromatic rings. The molecule has 0 radical (unpaired) electrons. The van der Waals surface area contributed by atoms with Crippen molar-refractivity contribution in [2.45, 2.75) is 0 Å². The fourth-order valence-corrected chi connectivity index (χ4v) is 5.23. The largest absolute Gasteiger partial charge is 0.298 e. The van der Waals surface area contributed by atoms with Gasteiger partial charge in [0.2, 0.25) is 0 Å². The maximum Gasteiger partial charge on any atom is 0.152 e. The van der Waals surface area contributed by atoms with Gasteiger partial charge in [-0.2, -0.15) is 0 Å². The fraction of sp³-hybridized carbons (Fsp3) is 0. The molecule has 0 saturated carbocycles. The van der Waals surface area contributed by atoms with Crippen molar-refractivity contribution >= 4 is 44.1 Å². The molecule has 0 amide bonds. The molecule has 0 saturated heterocycles. The molecule has 0 bridgehead atoms. The van der Waals surface area contributed by atoms with E-state index in [9.17, 15) is 9.59 Å². The second-order valence-electron chi connectivity index (χ2n) is 6.88. The Kier molecular flexibility index (Phi) is 4.30. The Morgan fingerprint density at radius 1 is 0.517 bits per heavy atom. The first-order chi connectivity index (χ1) is 14.3.